The molecule has 0 radical (unpaired) electrons. The summed E-state index contributed by atoms with van der Waals surface area (Å²) >= 11 is 0.905. The van der Waals surface area contributed by atoms with E-state index in [1.54, 1.807) is 18.2 Å². The average Bonchev–Trinajstić information content (AvgIpc) is 3.01. The molecule has 0 saturated carbocycles. The number of halogens is 3. The highest BCUT2D eigenvalue weighted by molar-refractivity contribution is 7.15. The summed E-state index contributed by atoms with van der Waals surface area (Å²) in [4.78, 5) is 3.64. The fourth-order valence-electron chi connectivity index (χ4n) is 1.90. The zero-order valence-electron chi connectivity index (χ0n) is 10.1. The normalized spacial score (nSPS) is 12.2. The van der Waals surface area contributed by atoms with E-state index < -0.39 is 11.9 Å². The number of hydrogen-bond acceptors (Lipinski definition) is 4. The van der Waals surface area contributed by atoms with E-state index in [4.69, 9.17) is 10.2 Å². The summed E-state index contributed by atoms with van der Waals surface area (Å²) in [7, 11) is 0. The van der Waals surface area contributed by atoms with Gasteiger partial charge in [0.25, 0.3) is 0 Å². The third kappa shape index (κ3) is 2.19. The molecule has 20 heavy (non-hydrogen) atoms. The van der Waals surface area contributed by atoms with Gasteiger partial charge in [-0.2, -0.15) is 13.2 Å². The summed E-state index contributed by atoms with van der Waals surface area (Å²) in [5.74, 6) is 0.321. The number of aromatic nitrogens is 1. The number of nitrogens with two attached hydrogens (primary N) is 1. The first kappa shape index (κ1) is 13.1. The van der Waals surface area contributed by atoms with Gasteiger partial charge in [0.1, 0.15) is 5.58 Å². The largest absolute Gasteiger partial charge is 0.454 e. The number of para-hydroxylation sites is 1. The van der Waals surface area contributed by atoms with Crippen molar-refractivity contribution in [2.24, 2.45) is 5.73 Å². The third-order valence-corrected chi connectivity index (χ3v) is 3.88. The zero-order valence-corrected chi connectivity index (χ0v) is 10.9. The van der Waals surface area contributed by atoms with Crippen LogP contribution in [0.4, 0.5) is 13.2 Å². The first-order valence-electron chi connectivity index (χ1n) is 5.75. The molecule has 1 aromatic carbocycles. The SMILES string of the molecule is NCc1sc(-c2cc3ccccc3o2)nc1C(F)(F)F. The number of rotatable bonds is 2. The lowest BCUT2D eigenvalue weighted by Crippen LogP contribution is -2.10. The van der Waals surface area contributed by atoms with E-state index in [0.717, 1.165) is 16.7 Å². The Morgan fingerprint density at radius 1 is 1.25 bits per heavy atom. The van der Waals surface area contributed by atoms with Crippen LogP contribution >= 0.6 is 11.3 Å². The molecule has 0 aliphatic heterocycles. The molecule has 0 atom stereocenters. The number of benzene rings is 1. The fourth-order valence-corrected chi connectivity index (χ4v) is 2.82. The van der Waals surface area contributed by atoms with E-state index in [-0.39, 0.29) is 16.4 Å². The third-order valence-electron chi connectivity index (χ3n) is 2.79. The van der Waals surface area contributed by atoms with Crippen molar-refractivity contribution >= 4 is 22.3 Å². The van der Waals surface area contributed by atoms with Crippen LogP contribution in [0.15, 0.2) is 34.7 Å². The Morgan fingerprint density at radius 3 is 2.60 bits per heavy atom. The number of hydrogen-bond donors (Lipinski definition) is 1. The first-order chi connectivity index (χ1) is 9.49. The van der Waals surface area contributed by atoms with Crippen LogP contribution < -0.4 is 5.73 Å². The van der Waals surface area contributed by atoms with Crippen molar-refractivity contribution in [3.05, 3.63) is 40.9 Å². The van der Waals surface area contributed by atoms with Crippen LogP contribution in [0.25, 0.3) is 21.7 Å². The van der Waals surface area contributed by atoms with Crippen LogP contribution in [-0.4, -0.2) is 4.98 Å². The van der Waals surface area contributed by atoms with Crippen LogP contribution in [0.3, 0.4) is 0 Å². The van der Waals surface area contributed by atoms with Gasteiger partial charge < -0.3 is 10.2 Å². The van der Waals surface area contributed by atoms with Crippen molar-refractivity contribution in [2.75, 3.05) is 0 Å². The lowest BCUT2D eigenvalue weighted by Gasteiger charge is -2.03. The highest BCUT2D eigenvalue weighted by atomic mass is 32.1. The maximum Gasteiger partial charge on any atom is 0.434 e. The van der Waals surface area contributed by atoms with Crippen LogP contribution in [-0.2, 0) is 12.7 Å². The molecule has 0 saturated heterocycles. The van der Waals surface area contributed by atoms with Gasteiger partial charge in [-0.05, 0) is 12.1 Å². The Hall–Kier alpha value is -1.86. The van der Waals surface area contributed by atoms with Gasteiger partial charge in [-0.15, -0.1) is 11.3 Å². The molecule has 0 amide bonds. The van der Waals surface area contributed by atoms with Gasteiger partial charge in [-0.1, -0.05) is 18.2 Å². The Balaban J connectivity index is 2.12. The van der Waals surface area contributed by atoms with Gasteiger partial charge >= 0.3 is 6.18 Å². The van der Waals surface area contributed by atoms with E-state index in [2.05, 4.69) is 4.98 Å². The van der Waals surface area contributed by atoms with Gasteiger partial charge in [0, 0.05) is 11.9 Å². The van der Waals surface area contributed by atoms with E-state index in [1.165, 1.54) is 0 Å². The van der Waals surface area contributed by atoms with Crippen molar-refractivity contribution in [3.8, 4) is 10.8 Å². The smallest absolute Gasteiger partial charge is 0.434 e. The topological polar surface area (TPSA) is 52.0 Å². The number of nitrogens with zero attached hydrogens (tertiary/aromatic N) is 1. The molecule has 0 fully saturated rings. The van der Waals surface area contributed by atoms with Crippen molar-refractivity contribution in [1.82, 2.24) is 4.98 Å². The highest BCUT2D eigenvalue weighted by Gasteiger charge is 2.37. The van der Waals surface area contributed by atoms with Crippen LogP contribution in [0.1, 0.15) is 10.6 Å². The van der Waals surface area contributed by atoms with Crippen molar-refractivity contribution in [1.29, 1.82) is 0 Å². The van der Waals surface area contributed by atoms with E-state index in [1.807, 2.05) is 12.1 Å². The zero-order chi connectivity index (χ0) is 14.3. The summed E-state index contributed by atoms with van der Waals surface area (Å²) in [6, 6.07) is 8.87. The molecule has 2 aromatic heterocycles. The lowest BCUT2D eigenvalue weighted by atomic mass is 10.2. The Bertz CT molecular complexity index is 727. The van der Waals surface area contributed by atoms with Crippen LogP contribution in [0.2, 0.25) is 0 Å². The van der Waals surface area contributed by atoms with Crippen molar-refractivity contribution < 1.29 is 17.6 Å². The molecule has 0 bridgehead atoms. The number of thiazole rings is 1. The molecule has 3 rings (SSSR count). The molecule has 0 aliphatic carbocycles. The minimum Gasteiger partial charge on any atom is -0.454 e. The molecule has 7 heteroatoms. The van der Waals surface area contributed by atoms with Crippen LogP contribution in [0.5, 0.6) is 0 Å². The predicted octanol–water partition coefficient (Wildman–Crippen LogP) is 4.03. The second-order valence-corrected chi connectivity index (χ2v) is 5.22. The molecule has 104 valence electrons. The summed E-state index contributed by atoms with van der Waals surface area (Å²) in [5, 5.41) is 1.01. The average molecular weight is 298 g/mol. The summed E-state index contributed by atoms with van der Waals surface area (Å²) in [6.07, 6.45) is -4.50. The molecule has 0 unspecified atom stereocenters. The Kier molecular flexibility index (Phi) is 3.02. The monoisotopic (exact) mass is 298 g/mol. The molecule has 2 N–H and O–H groups in total. The van der Waals surface area contributed by atoms with Gasteiger partial charge in [0.15, 0.2) is 16.5 Å². The lowest BCUT2D eigenvalue weighted by molar-refractivity contribution is -0.141. The predicted molar refractivity (Wildman–Crippen MR) is 70.2 cm³/mol. The van der Waals surface area contributed by atoms with Gasteiger partial charge in [-0.3, -0.25) is 0 Å². The molecule has 0 aliphatic rings. The fraction of sp³-hybridized carbons (Fsp3) is 0.154. The maximum atomic E-state index is 12.8. The summed E-state index contributed by atoms with van der Waals surface area (Å²) < 4.78 is 44.0. The summed E-state index contributed by atoms with van der Waals surface area (Å²) in [6.45, 7) is -0.202. The van der Waals surface area contributed by atoms with Crippen LogP contribution in [0, 0.1) is 0 Å². The minimum atomic E-state index is -4.50. The van der Waals surface area contributed by atoms with Gasteiger partial charge in [-0.25, -0.2) is 4.98 Å². The van der Waals surface area contributed by atoms with E-state index >= 15 is 0 Å². The molecular weight excluding hydrogens is 289 g/mol. The quantitative estimate of drug-likeness (QED) is 0.777. The molecule has 3 nitrogen and oxygen atoms in total. The second-order valence-electron chi connectivity index (χ2n) is 4.14. The van der Waals surface area contributed by atoms with Crippen molar-refractivity contribution in [2.45, 2.75) is 12.7 Å². The van der Waals surface area contributed by atoms with Gasteiger partial charge in [0.05, 0.1) is 4.88 Å². The molecule has 2 heterocycles. The highest BCUT2D eigenvalue weighted by Crippen LogP contribution is 2.38. The number of alkyl halides is 3. The molecule has 3 aromatic rings. The molecule has 0 spiro atoms. The Labute approximate surface area is 115 Å². The first-order valence-corrected chi connectivity index (χ1v) is 6.56. The number of fused-ring (bicyclic) bond motifs is 1. The van der Waals surface area contributed by atoms with Crippen molar-refractivity contribution in [3.63, 3.8) is 0 Å². The standard InChI is InChI=1S/C13H9F3N2OS/c14-13(15,16)11-10(6-17)20-12(18-11)9-5-7-3-1-2-4-8(7)19-9/h1-5H,6,17H2. The van der Waals surface area contributed by atoms with Gasteiger partial charge in [0.2, 0.25) is 0 Å². The summed E-state index contributed by atoms with van der Waals surface area (Å²) in [5.41, 5.74) is 5.04. The maximum absolute atomic E-state index is 12.8. The molecular formula is C13H9F3N2OS. The van der Waals surface area contributed by atoms with E-state index in [0.29, 0.717) is 11.3 Å². The second kappa shape index (κ2) is 4.60. The van der Waals surface area contributed by atoms with E-state index in [9.17, 15) is 13.2 Å². The number of furan rings is 1. The Morgan fingerprint density at radius 2 is 2.00 bits per heavy atom. The minimum absolute atomic E-state index is 0.00737.